The maximum atomic E-state index is 11.9. The Kier molecular flexibility index (Phi) is 5.59. The third-order valence-electron chi connectivity index (χ3n) is 2.98. The summed E-state index contributed by atoms with van der Waals surface area (Å²) in [5.74, 6) is 0.626. The van der Waals surface area contributed by atoms with E-state index in [1.54, 1.807) is 36.4 Å². The minimum absolute atomic E-state index is 0.118. The van der Waals surface area contributed by atoms with Crippen molar-refractivity contribution in [2.75, 3.05) is 17.2 Å². The molecule has 5 nitrogen and oxygen atoms in total. The molecule has 0 aliphatic heterocycles. The molecule has 0 aliphatic carbocycles. The van der Waals surface area contributed by atoms with E-state index >= 15 is 0 Å². The van der Waals surface area contributed by atoms with Gasteiger partial charge in [-0.05, 0) is 62.4 Å². The van der Waals surface area contributed by atoms with Gasteiger partial charge in [-0.1, -0.05) is 0 Å². The van der Waals surface area contributed by atoms with Crippen molar-refractivity contribution in [1.82, 2.24) is 0 Å². The molecule has 0 aliphatic rings. The normalized spacial score (nSPS) is 10.0. The minimum Gasteiger partial charge on any atom is -0.491 e. The monoisotopic (exact) mass is 309 g/mol. The van der Waals surface area contributed by atoms with E-state index in [-0.39, 0.29) is 18.6 Å². The minimum atomic E-state index is -0.146. The first-order chi connectivity index (χ1) is 11.1. The molecule has 0 heterocycles. The smallest absolute Gasteiger partial charge is 0.243 e. The highest BCUT2D eigenvalue weighted by Gasteiger charge is 2.03. The van der Waals surface area contributed by atoms with Crippen molar-refractivity contribution in [3.05, 3.63) is 54.1 Å². The van der Waals surface area contributed by atoms with Crippen molar-refractivity contribution in [3.8, 4) is 11.8 Å². The molecule has 1 amide bonds. The number of benzene rings is 2. The van der Waals surface area contributed by atoms with Crippen LogP contribution in [0.3, 0.4) is 0 Å². The van der Waals surface area contributed by atoms with E-state index in [0.29, 0.717) is 11.3 Å². The predicted molar refractivity (Wildman–Crippen MR) is 90.5 cm³/mol. The maximum Gasteiger partial charge on any atom is 0.243 e. The summed E-state index contributed by atoms with van der Waals surface area (Å²) >= 11 is 0. The van der Waals surface area contributed by atoms with Crippen LogP contribution in [0.25, 0.3) is 0 Å². The largest absolute Gasteiger partial charge is 0.491 e. The van der Waals surface area contributed by atoms with Crippen LogP contribution in [0.2, 0.25) is 0 Å². The van der Waals surface area contributed by atoms with Gasteiger partial charge in [0.05, 0.1) is 24.3 Å². The zero-order valence-corrected chi connectivity index (χ0v) is 13.2. The molecule has 0 fully saturated rings. The van der Waals surface area contributed by atoms with Crippen LogP contribution < -0.4 is 15.4 Å². The van der Waals surface area contributed by atoms with Crippen molar-refractivity contribution in [3.63, 3.8) is 0 Å². The van der Waals surface area contributed by atoms with E-state index in [0.717, 1.165) is 11.4 Å². The summed E-state index contributed by atoms with van der Waals surface area (Å²) in [6.45, 7) is 4.07. The van der Waals surface area contributed by atoms with E-state index in [9.17, 15) is 4.79 Å². The molecule has 2 aromatic rings. The lowest BCUT2D eigenvalue weighted by molar-refractivity contribution is -0.114. The Hall–Kier alpha value is -3.00. The van der Waals surface area contributed by atoms with Crippen LogP contribution >= 0.6 is 0 Å². The van der Waals surface area contributed by atoms with Crippen LogP contribution in [0.4, 0.5) is 11.4 Å². The topological polar surface area (TPSA) is 74.2 Å². The van der Waals surface area contributed by atoms with Crippen molar-refractivity contribution in [1.29, 1.82) is 5.26 Å². The van der Waals surface area contributed by atoms with E-state index in [2.05, 4.69) is 16.7 Å². The zero-order chi connectivity index (χ0) is 16.7. The molecule has 0 saturated heterocycles. The number of nitriles is 1. The number of anilines is 2. The fraction of sp³-hybridized carbons (Fsp3) is 0.222. The van der Waals surface area contributed by atoms with Gasteiger partial charge in [-0.15, -0.1) is 0 Å². The van der Waals surface area contributed by atoms with E-state index in [4.69, 9.17) is 10.00 Å². The highest BCUT2D eigenvalue weighted by Crippen LogP contribution is 2.17. The van der Waals surface area contributed by atoms with Gasteiger partial charge in [-0.2, -0.15) is 5.26 Å². The molecule has 0 saturated carbocycles. The van der Waals surface area contributed by atoms with Crippen molar-refractivity contribution in [2.24, 2.45) is 0 Å². The highest BCUT2D eigenvalue weighted by molar-refractivity contribution is 5.93. The first-order valence-electron chi connectivity index (χ1n) is 7.37. The van der Waals surface area contributed by atoms with Gasteiger partial charge in [0.25, 0.3) is 0 Å². The second-order valence-corrected chi connectivity index (χ2v) is 5.28. The van der Waals surface area contributed by atoms with Gasteiger partial charge in [0.15, 0.2) is 0 Å². The fourth-order valence-corrected chi connectivity index (χ4v) is 1.94. The SMILES string of the molecule is CC(C)Oc1ccc(NC(=O)CNc2ccc(C#N)cc2)cc1. The van der Waals surface area contributed by atoms with Gasteiger partial charge in [0, 0.05) is 11.4 Å². The summed E-state index contributed by atoms with van der Waals surface area (Å²) in [7, 11) is 0. The Morgan fingerprint density at radius 1 is 1.09 bits per heavy atom. The number of nitrogens with one attached hydrogen (secondary N) is 2. The number of nitrogens with zero attached hydrogens (tertiary/aromatic N) is 1. The molecule has 0 unspecified atom stereocenters. The van der Waals surface area contributed by atoms with Gasteiger partial charge < -0.3 is 15.4 Å². The van der Waals surface area contributed by atoms with E-state index in [1.807, 2.05) is 26.0 Å². The van der Waals surface area contributed by atoms with Crippen LogP contribution in [-0.2, 0) is 4.79 Å². The molecule has 0 bridgehead atoms. The molecule has 118 valence electrons. The molecule has 2 aromatic carbocycles. The van der Waals surface area contributed by atoms with Crippen LogP contribution in [0.1, 0.15) is 19.4 Å². The quantitative estimate of drug-likeness (QED) is 0.857. The van der Waals surface area contributed by atoms with Gasteiger partial charge in [0.2, 0.25) is 5.91 Å². The number of carbonyl (C=O) groups is 1. The number of ether oxygens (including phenoxy) is 1. The molecule has 2 rings (SSSR count). The summed E-state index contributed by atoms with van der Waals surface area (Å²) in [6, 6.07) is 16.2. The second kappa shape index (κ2) is 7.85. The standard InChI is InChI=1S/C18H19N3O2/c1-13(2)23-17-9-7-16(8-10-17)21-18(22)12-20-15-5-3-14(11-19)4-6-15/h3-10,13,20H,12H2,1-2H3,(H,21,22). The summed E-state index contributed by atoms with van der Waals surface area (Å²) in [5, 5.41) is 14.5. The Bertz CT molecular complexity index is 686. The highest BCUT2D eigenvalue weighted by atomic mass is 16.5. The first kappa shape index (κ1) is 16.4. The molecule has 0 atom stereocenters. The fourth-order valence-electron chi connectivity index (χ4n) is 1.94. The van der Waals surface area contributed by atoms with Gasteiger partial charge in [-0.25, -0.2) is 0 Å². The van der Waals surface area contributed by atoms with Crippen LogP contribution in [0, 0.1) is 11.3 Å². The average molecular weight is 309 g/mol. The number of carbonyl (C=O) groups excluding carboxylic acids is 1. The predicted octanol–water partition coefficient (Wildman–Crippen LogP) is 3.40. The lowest BCUT2D eigenvalue weighted by Crippen LogP contribution is -2.21. The molecule has 0 radical (unpaired) electrons. The number of amides is 1. The number of hydrogen-bond acceptors (Lipinski definition) is 4. The van der Waals surface area contributed by atoms with Crippen LogP contribution in [-0.4, -0.2) is 18.6 Å². The molecule has 0 spiro atoms. The second-order valence-electron chi connectivity index (χ2n) is 5.28. The Morgan fingerprint density at radius 2 is 1.70 bits per heavy atom. The Labute approximate surface area is 135 Å². The lowest BCUT2D eigenvalue weighted by Gasteiger charge is -2.11. The van der Waals surface area contributed by atoms with Gasteiger partial charge in [-0.3, -0.25) is 4.79 Å². The third kappa shape index (κ3) is 5.36. The molecular formula is C18H19N3O2. The van der Waals surface area contributed by atoms with Crippen molar-refractivity contribution in [2.45, 2.75) is 20.0 Å². The van der Waals surface area contributed by atoms with Gasteiger partial charge in [0.1, 0.15) is 5.75 Å². The molecule has 23 heavy (non-hydrogen) atoms. The van der Waals surface area contributed by atoms with Crippen molar-refractivity contribution < 1.29 is 9.53 Å². The zero-order valence-electron chi connectivity index (χ0n) is 13.2. The average Bonchev–Trinajstić information content (AvgIpc) is 2.55. The Balaban J connectivity index is 1.83. The van der Waals surface area contributed by atoms with Crippen molar-refractivity contribution >= 4 is 17.3 Å². The number of rotatable bonds is 6. The summed E-state index contributed by atoms with van der Waals surface area (Å²) in [6.07, 6.45) is 0.118. The molecule has 5 heteroatoms. The number of hydrogen-bond donors (Lipinski definition) is 2. The van der Waals surface area contributed by atoms with E-state index < -0.39 is 0 Å². The third-order valence-corrected chi connectivity index (χ3v) is 2.98. The first-order valence-corrected chi connectivity index (χ1v) is 7.37. The molecular weight excluding hydrogens is 290 g/mol. The summed E-state index contributed by atoms with van der Waals surface area (Å²) in [4.78, 5) is 11.9. The van der Waals surface area contributed by atoms with Gasteiger partial charge >= 0.3 is 0 Å². The van der Waals surface area contributed by atoms with Crippen LogP contribution in [0.15, 0.2) is 48.5 Å². The molecule has 0 aromatic heterocycles. The Morgan fingerprint density at radius 3 is 2.26 bits per heavy atom. The van der Waals surface area contributed by atoms with E-state index in [1.165, 1.54) is 0 Å². The maximum absolute atomic E-state index is 11.9. The summed E-state index contributed by atoms with van der Waals surface area (Å²) in [5.41, 5.74) is 2.09. The molecule has 2 N–H and O–H groups in total. The summed E-state index contributed by atoms with van der Waals surface area (Å²) < 4.78 is 5.55. The van der Waals surface area contributed by atoms with Crippen LogP contribution in [0.5, 0.6) is 5.75 Å². The lowest BCUT2D eigenvalue weighted by atomic mass is 10.2.